The van der Waals surface area contributed by atoms with Crippen molar-refractivity contribution < 1.29 is 0 Å². The van der Waals surface area contributed by atoms with E-state index in [0.29, 0.717) is 12.6 Å². The van der Waals surface area contributed by atoms with E-state index in [9.17, 15) is 0 Å². The van der Waals surface area contributed by atoms with Crippen LogP contribution in [0.1, 0.15) is 24.7 Å². The first kappa shape index (κ1) is 11.3. The summed E-state index contributed by atoms with van der Waals surface area (Å²) in [4.78, 5) is 17.2. The summed E-state index contributed by atoms with van der Waals surface area (Å²) in [5.41, 5.74) is 1.69. The molecule has 3 heterocycles. The molecule has 4 rings (SSSR count). The first-order valence-electron chi connectivity index (χ1n) is 6.57. The van der Waals surface area contributed by atoms with Crippen LogP contribution in [-0.2, 0) is 13.6 Å². The fourth-order valence-corrected chi connectivity index (χ4v) is 2.23. The van der Waals surface area contributed by atoms with Gasteiger partial charge in [0.2, 0.25) is 0 Å². The van der Waals surface area contributed by atoms with Crippen molar-refractivity contribution in [1.82, 2.24) is 34.3 Å². The summed E-state index contributed by atoms with van der Waals surface area (Å²) in [5.74, 6) is 1.45. The van der Waals surface area contributed by atoms with Crippen molar-refractivity contribution in [2.45, 2.75) is 25.4 Å². The fourth-order valence-electron chi connectivity index (χ4n) is 2.23. The average molecular weight is 270 g/mol. The largest absolute Gasteiger partial charge is 0.361 e. The first-order valence-corrected chi connectivity index (χ1v) is 6.57. The Hall–Kier alpha value is -2.51. The molecule has 1 aliphatic rings. The van der Waals surface area contributed by atoms with E-state index in [-0.39, 0.29) is 0 Å². The average Bonchev–Trinajstić information content (AvgIpc) is 3.06. The molecule has 0 aromatic carbocycles. The zero-order valence-corrected chi connectivity index (χ0v) is 11.1. The van der Waals surface area contributed by atoms with Crippen molar-refractivity contribution in [2.75, 3.05) is 5.32 Å². The highest BCUT2D eigenvalue weighted by molar-refractivity contribution is 5.82. The van der Waals surface area contributed by atoms with Gasteiger partial charge in [0.05, 0.1) is 12.9 Å². The van der Waals surface area contributed by atoms with Crippen LogP contribution in [0.2, 0.25) is 0 Å². The third-order valence-electron chi connectivity index (χ3n) is 3.36. The zero-order valence-electron chi connectivity index (χ0n) is 11.1. The van der Waals surface area contributed by atoms with Crippen molar-refractivity contribution in [3.8, 4) is 0 Å². The Morgan fingerprint density at radius 3 is 2.85 bits per heavy atom. The molecule has 1 fully saturated rings. The van der Waals surface area contributed by atoms with E-state index >= 15 is 0 Å². The molecule has 1 aliphatic carbocycles. The quantitative estimate of drug-likeness (QED) is 0.758. The van der Waals surface area contributed by atoms with Crippen LogP contribution in [0, 0.1) is 0 Å². The lowest BCUT2D eigenvalue weighted by Gasteiger charge is -2.04. The molecule has 102 valence electrons. The number of fused-ring (bicyclic) bond motifs is 1. The molecule has 0 bridgehead atoms. The van der Waals surface area contributed by atoms with E-state index < -0.39 is 0 Å². The molecule has 0 aliphatic heterocycles. The molecule has 0 unspecified atom stereocenters. The van der Waals surface area contributed by atoms with Gasteiger partial charge in [-0.25, -0.2) is 19.9 Å². The summed E-state index contributed by atoms with van der Waals surface area (Å²) in [5, 5.41) is 7.45. The minimum Gasteiger partial charge on any atom is -0.361 e. The highest BCUT2D eigenvalue weighted by Crippen LogP contribution is 2.37. The lowest BCUT2D eigenvalue weighted by atomic mass is 10.4. The second-order valence-corrected chi connectivity index (χ2v) is 4.97. The van der Waals surface area contributed by atoms with Crippen molar-refractivity contribution in [3.63, 3.8) is 0 Å². The Balaban J connectivity index is 1.62. The molecule has 8 nitrogen and oxygen atoms in total. The Morgan fingerprint density at radius 2 is 2.10 bits per heavy atom. The summed E-state index contributed by atoms with van der Waals surface area (Å²) < 4.78 is 3.80. The lowest BCUT2D eigenvalue weighted by Crippen LogP contribution is -2.05. The Kier molecular flexibility index (Phi) is 2.41. The predicted molar refractivity (Wildman–Crippen MR) is 71.9 cm³/mol. The van der Waals surface area contributed by atoms with Crippen LogP contribution in [0.5, 0.6) is 0 Å². The smallest absolute Gasteiger partial charge is 0.169 e. The maximum Gasteiger partial charge on any atom is 0.169 e. The second-order valence-electron chi connectivity index (χ2n) is 4.97. The maximum absolute atomic E-state index is 4.43. The molecule has 0 radical (unpaired) electrons. The third kappa shape index (κ3) is 1.89. The molecule has 0 atom stereocenters. The monoisotopic (exact) mass is 270 g/mol. The highest BCUT2D eigenvalue weighted by atomic mass is 15.3. The Bertz CT molecular complexity index is 754. The van der Waals surface area contributed by atoms with E-state index in [2.05, 4.69) is 34.9 Å². The van der Waals surface area contributed by atoms with Gasteiger partial charge in [-0.15, -0.1) is 0 Å². The Morgan fingerprint density at radius 1 is 1.20 bits per heavy atom. The number of hydrogen-bond donors (Lipinski definition) is 1. The molecule has 0 saturated heterocycles. The topological polar surface area (TPSA) is 86.3 Å². The summed E-state index contributed by atoms with van der Waals surface area (Å²) in [6.45, 7) is 0.517. The summed E-state index contributed by atoms with van der Waals surface area (Å²) in [6, 6.07) is 0.556. The van der Waals surface area contributed by atoms with Crippen molar-refractivity contribution in [2.24, 2.45) is 7.05 Å². The van der Waals surface area contributed by atoms with Gasteiger partial charge >= 0.3 is 0 Å². The van der Waals surface area contributed by atoms with E-state index in [4.69, 9.17) is 0 Å². The second kappa shape index (κ2) is 4.26. The van der Waals surface area contributed by atoms with Crippen LogP contribution >= 0.6 is 0 Å². The Labute approximate surface area is 114 Å². The van der Waals surface area contributed by atoms with E-state index in [1.54, 1.807) is 17.3 Å². The normalized spacial score (nSPS) is 14.8. The number of aromatic nitrogens is 7. The molecule has 1 N–H and O–H groups in total. The van der Waals surface area contributed by atoms with Gasteiger partial charge in [-0.3, -0.25) is 4.68 Å². The van der Waals surface area contributed by atoms with Crippen molar-refractivity contribution >= 4 is 17.0 Å². The van der Waals surface area contributed by atoms with E-state index in [0.717, 1.165) is 22.8 Å². The molecule has 3 aromatic heterocycles. The molecule has 8 heteroatoms. The van der Waals surface area contributed by atoms with Gasteiger partial charge in [0.15, 0.2) is 17.3 Å². The summed E-state index contributed by atoms with van der Waals surface area (Å²) >= 11 is 0. The van der Waals surface area contributed by atoms with Crippen molar-refractivity contribution in [3.05, 3.63) is 24.8 Å². The number of imidazole rings is 1. The fraction of sp³-hybridized carbons (Fsp3) is 0.417. The number of anilines is 1. The zero-order chi connectivity index (χ0) is 13.5. The number of nitrogens with zero attached hydrogens (tertiary/aromatic N) is 7. The van der Waals surface area contributed by atoms with Gasteiger partial charge in [0, 0.05) is 13.1 Å². The molecule has 3 aromatic rings. The standard InChI is InChI=1S/C12H14N8/c1-19-6-16-9(18-19)4-13-11-10-12(15-5-14-11)20(7-17-10)8-2-3-8/h5-8H,2-4H2,1H3,(H,13,14,15). The van der Waals surface area contributed by atoms with Gasteiger partial charge in [0.1, 0.15) is 18.2 Å². The predicted octanol–water partition coefficient (Wildman–Crippen LogP) is 0.902. The molecular formula is C12H14N8. The number of aryl methyl sites for hydroxylation is 1. The van der Waals surface area contributed by atoms with Crippen LogP contribution in [0.25, 0.3) is 11.2 Å². The van der Waals surface area contributed by atoms with Crippen molar-refractivity contribution in [1.29, 1.82) is 0 Å². The number of hydrogen-bond acceptors (Lipinski definition) is 6. The van der Waals surface area contributed by atoms with Crippen LogP contribution in [0.4, 0.5) is 5.82 Å². The van der Waals surface area contributed by atoms with Crippen LogP contribution in [0.15, 0.2) is 19.0 Å². The SMILES string of the molecule is Cn1cnc(CNc2ncnc3c2ncn3C2CC2)n1. The first-order chi connectivity index (χ1) is 9.81. The molecule has 20 heavy (non-hydrogen) atoms. The van der Waals surface area contributed by atoms with Gasteiger partial charge in [0.25, 0.3) is 0 Å². The highest BCUT2D eigenvalue weighted by Gasteiger charge is 2.26. The number of nitrogens with one attached hydrogen (secondary N) is 1. The summed E-state index contributed by atoms with van der Waals surface area (Å²) in [6.07, 6.45) is 7.50. The summed E-state index contributed by atoms with van der Waals surface area (Å²) in [7, 11) is 1.84. The van der Waals surface area contributed by atoms with Gasteiger partial charge in [-0.05, 0) is 12.8 Å². The number of rotatable bonds is 4. The third-order valence-corrected chi connectivity index (χ3v) is 3.36. The van der Waals surface area contributed by atoms with Crippen LogP contribution in [-0.4, -0.2) is 34.3 Å². The van der Waals surface area contributed by atoms with Gasteiger partial charge in [-0.2, -0.15) is 5.10 Å². The van der Waals surface area contributed by atoms with Crippen LogP contribution in [0.3, 0.4) is 0 Å². The van der Waals surface area contributed by atoms with Gasteiger partial charge < -0.3 is 9.88 Å². The lowest BCUT2D eigenvalue weighted by molar-refractivity contribution is 0.747. The minimum atomic E-state index is 0.517. The maximum atomic E-state index is 4.43. The molecule has 0 spiro atoms. The molecule has 0 amide bonds. The van der Waals surface area contributed by atoms with Crippen LogP contribution < -0.4 is 5.32 Å². The molecule has 1 saturated carbocycles. The van der Waals surface area contributed by atoms with E-state index in [1.165, 1.54) is 12.8 Å². The van der Waals surface area contributed by atoms with E-state index in [1.807, 2.05) is 13.4 Å². The molecular weight excluding hydrogens is 256 g/mol. The van der Waals surface area contributed by atoms with Gasteiger partial charge in [-0.1, -0.05) is 0 Å². The minimum absolute atomic E-state index is 0.517.